The van der Waals surface area contributed by atoms with Crippen LogP contribution in [0.25, 0.3) is 0 Å². The van der Waals surface area contributed by atoms with E-state index >= 15 is 0 Å². The van der Waals surface area contributed by atoms with E-state index in [1.807, 2.05) is 55.6 Å². The molecule has 0 bridgehead atoms. The standard InChI is InChI=1S/C16H16BrNO2S/c1-11-9-12(3-8-15(11)17)18-16(19)10-20-13-4-6-14(21-2)7-5-13/h3-9H,10H2,1-2H3,(H,18,19). The normalized spacial score (nSPS) is 10.2. The van der Waals surface area contributed by atoms with Gasteiger partial charge in [0.2, 0.25) is 0 Å². The SMILES string of the molecule is CSc1ccc(OCC(=O)Nc2ccc(Br)c(C)c2)cc1. The number of aryl methyl sites for hydroxylation is 1. The van der Waals surface area contributed by atoms with Crippen molar-refractivity contribution in [3.8, 4) is 5.75 Å². The largest absolute Gasteiger partial charge is 0.484 e. The molecule has 110 valence electrons. The molecule has 1 N–H and O–H groups in total. The molecule has 0 fully saturated rings. The second-order valence-electron chi connectivity index (χ2n) is 4.48. The smallest absolute Gasteiger partial charge is 0.262 e. The van der Waals surface area contributed by atoms with Crippen LogP contribution >= 0.6 is 27.7 Å². The number of ether oxygens (including phenoxy) is 1. The van der Waals surface area contributed by atoms with Gasteiger partial charge in [-0.1, -0.05) is 15.9 Å². The average molecular weight is 366 g/mol. The van der Waals surface area contributed by atoms with Crippen molar-refractivity contribution in [2.24, 2.45) is 0 Å². The molecule has 0 spiro atoms. The minimum absolute atomic E-state index is 0.00622. The van der Waals surface area contributed by atoms with Crippen molar-refractivity contribution in [3.63, 3.8) is 0 Å². The van der Waals surface area contributed by atoms with Gasteiger partial charge in [-0.15, -0.1) is 11.8 Å². The number of halogens is 1. The fourth-order valence-electron chi connectivity index (χ4n) is 1.74. The second kappa shape index (κ2) is 7.52. The van der Waals surface area contributed by atoms with Gasteiger partial charge in [-0.2, -0.15) is 0 Å². The van der Waals surface area contributed by atoms with Gasteiger partial charge in [-0.25, -0.2) is 0 Å². The maximum absolute atomic E-state index is 11.9. The lowest BCUT2D eigenvalue weighted by Gasteiger charge is -2.09. The van der Waals surface area contributed by atoms with Gasteiger partial charge < -0.3 is 10.1 Å². The molecule has 0 aliphatic heterocycles. The van der Waals surface area contributed by atoms with Crippen molar-refractivity contribution < 1.29 is 9.53 Å². The summed E-state index contributed by atoms with van der Waals surface area (Å²) in [7, 11) is 0. The molecule has 0 atom stereocenters. The lowest BCUT2D eigenvalue weighted by molar-refractivity contribution is -0.118. The quantitative estimate of drug-likeness (QED) is 0.792. The summed E-state index contributed by atoms with van der Waals surface area (Å²) in [4.78, 5) is 13.0. The molecule has 2 rings (SSSR count). The van der Waals surface area contributed by atoms with E-state index in [9.17, 15) is 4.79 Å². The number of amides is 1. The van der Waals surface area contributed by atoms with Crippen LogP contribution in [0, 0.1) is 6.92 Å². The molecule has 0 radical (unpaired) electrons. The summed E-state index contributed by atoms with van der Waals surface area (Å²) >= 11 is 5.10. The van der Waals surface area contributed by atoms with Crippen LogP contribution in [0.5, 0.6) is 5.75 Å². The summed E-state index contributed by atoms with van der Waals surface area (Å²) in [6.45, 7) is 1.97. The van der Waals surface area contributed by atoms with E-state index < -0.39 is 0 Å². The Morgan fingerprint density at radius 3 is 2.57 bits per heavy atom. The van der Waals surface area contributed by atoms with Crippen molar-refractivity contribution in [3.05, 3.63) is 52.5 Å². The van der Waals surface area contributed by atoms with Crippen molar-refractivity contribution >= 4 is 39.3 Å². The molecule has 2 aromatic carbocycles. The predicted molar refractivity (Wildman–Crippen MR) is 91.2 cm³/mol. The molecule has 1 amide bonds. The molecule has 0 heterocycles. The van der Waals surface area contributed by atoms with Crippen LogP contribution in [-0.2, 0) is 4.79 Å². The van der Waals surface area contributed by atoms with E-state index in [1.165, 1.54) is 0 Å². The van der Waals surface area contributed by atoms with Gasteiger partial charge in [0.1, 0.15) is 5.75 Å². The Hall–Kier alpha value is -1.46. The lowest BCUT2D eigenvalue weighted by Crippen LogP contribution is -2.20. The topological polar surface area (TPSA) is 38.3 Å². The number of hydrogen-bond donors (Lipinski definition) is 1. The van der Waals surface area contributed by atoms with Gasteiger partial charge in [-0.05, 0) is 61.2 Å². The third kappa shape index (κ3) is 4.79. The summed E-state index contributed by atoms with van der Waals surface area (Å²) in [5, 5.41) is 2.81. The molecule has 0 aliphatic rings. The number of thioether (sulfide) groups is 1. The highest BCUT2D eigenvalue weighted by molar-refractivity contribution is 9.10. The zero-order chi connectivity index (χ0) is 15.2. The molecule has 21 heavy (non-hydrogen) atoms. The number of nitrogens with one attached hydrogen (secondary N) is 1. The summed E-state index contributed by atoms with van der Waals surface area (Å²) in [5.41, 5.74) is 1.84. The maximum Gasteiger partial charge on any atom is 0.262 e. The molecule has 0 unspecified atom stereocenters. The van der Waals surface area contributed by atoms with E-state index in [4.69, 9.17) is 4.74 Å². The van der Waals surface area contributed by atoms with E-state index in [0.29, 0.717) is 5.75 Å². The van der Waals surface area contributed by atoms with Crippen LogP contribution < -0.4 is 10.1 Å². The molecule has 0 aliphatic carbocycles. The Morgan fingerprint density at radius 2 is 1.95 bits per heavy atom. The minimum atomic E-state index is -0.175. The Kier molecular flexibility index (Phi) is 5.70. The molecule has 3 nitrogen and oxygen atoms in total. The molecular formula is C16H16BrNO2S. The third-order valence-corrected chi connectivity index (χ3v) is 4.50. The van der Waals surface area contributed by atoms with Crippen LogP contribution in [0.4, 0.5) is 5.69 Å². The fraction of sp³-hybridized carbons (Fsp3) is 0.188. The first-order valence-electron chi connectivity index (χ1n) is 6.41. The lowest BCUT2D eigenvalue weighted by atomic mass is 10.2. The average Bonchev–Trinajstić information content (AvgIpc) is 2.49. The molecule has 0 aromatic heterocycles. The summed E-state index contributed by atoms with van der Waals surface area (Å²) in [5.74, 6) is 0.514. The summed E-state index contributed by atoms with van der Waals surface area (Å²) < 4.78 is 6.48. The first kappa shape index (κ1) is 15.9. The zero-order valence-electron chi connectivity index (χ0n) is 11.9. The molecular weight excluding hydrogens is 350 g/mol. The minimum Gasteiger partial charge on any atom is -0.484 e. The second-order valence-corrected chi connectivity index (χ2v) is 6.21. The van der Waals surface area contributed by atoms with Crippen LogP contribution in [0.1, 0.15) is 5.56 Å². The fourth-order valence-corrected chi connectivity index (χ4v) is 2.40. The van der Waals surface area contributed by atoms with Crippen LogP contribution in [-0.4, -0.2) is 18.8 Å². The molecule has 2 aromatic rings. The Bertz CT molecular complexity index is 629. The summed E-state index contributed by atoms with van der Waals surface area (Å²) in [6.07, 6.45) is 2.02. The number of benzene rings is 2. The van der Waals surface area contributed by atoms with Gasteiger partial charge >= 0.3 is 0 Å². The van der Waals surface area contributed by atoms with E-state index in [1.54, 1.807) is 11.8 Å². The van der Waals surface area contributed by atoms with Gasteiger partial charge in [0, 0.05) is 15.1 Å². The van der Waals surface area contributed by atoms with Gasteiger partial charge in [-0.3, -0.25) is 4.79 Å². The number of rotatable bonds is 5. The number of anilines is 1. The third-order valence-electron chi connectivity index (χ3n) is 2.87. The molecule has 0 saturated heterocycles. The van der Waals surface area contributed by atoms with Crippen LogP contribution in [0.2, 0.25) is 0 Å². The van der Waals surface area contributed by atoms with Crippen LogP contribution in [0.3, 0.4) is 0 Å². The van der Waals surface area contributed by atoms with Crippen molar-refractivity contribution in [2.75, 3.05) is 18.2 Å². The highest BCUT2D eigenvalue weighted by Crippen LogP contribution is 2.20. The van der Waals surface area contributed by atoms with Crippen molar-refractivity contribution in [1.29, 1.82) is 0 Å². The van der Waals surface area contributed by atoms with Crippen molar-refractivity contribution in [2.45, 2.75) is 11.8 Å². The Balaban J connectivity index is 1.87. The zero-order valence-corrected chi connectivity index (χ0v) is 14.3. The number of carbonyl (C=O) groups excluding carboxylic acids is 1. The number of carbonyl (C=O) groups is 1. The first-order valence-corrected chi connectivity index (χ1v) is 8.43. The van der Waals surface area contributed by atoms with Gasteiger partial charge in [0.15, 0.2) is 6.61 Å². The molecule has 5 heteroatoms. The van der Waals surface area contributed by atoms with Crippen molar-refractivity contribution in [1.82, 2.24) is 0 Å². The maximum atomic E-state index is 11.9. The highest BCUT2D eigenvalue weighted by Gasteiger charge is 2.05. The van der Waals surface area contributed by atoms with Gasteiger partial charge in [0.05, 0.1) is 0 Å². The molecule has 0 saturated carbocycles. The Morgan fingerprint density at radius 1 is 1.24 bits per heavy atom. The first-order chi connectivity index (χ1) is 10.1. The van der Waals surface area contributed by atoms with Gasteiger partial charge in [0.25, 0.3) is 5.91 Å². The predicted octanol–water partition coefficient (Wildman–Crippen LogP) is 4.50. The Labute approximate surface area is 137 Å². The highest BCUT2D eigenvalue weighted by atomic mass is 79.9. The monoisotopic (exact) mass is 365 g/mol. The summed E-state index contributed by atoms with van der Waals surface area (Å²) in [6, 6.07) is 13.3. The van der Waals surface area contributed by atoms with E-state index in [0.717, 1.165) is 20.6 Å². The van der Waals surface area contributed by atoms with E-state index in [2.05, 4.69) is 21.2 Å². The number of hydrogen-bond acceptors (Lipinski definition) is 3. The van der Waals surface area contributed by atoms with Crippen LogP contribution in [0.15, 0.2) is 51.8 Å². The van der Waals surface area contributed by atoms with E-state index in [-0.39, 0.29) is 12.5 Å².